The van der Waals surface area contributed by atoms with E-state index in [1.807, 2.05) is 20.8 Å². The van der Waals surface area contributed by atoms with E-state index in [4.69, 9.17) is 4.74 Å². The summed E-state index contributed by atoms with van der Waals surface area (Å²) in [6.07, 6.45) is 0. The number of hydrogen-bond acceptors (Lipinski definition) is 2. The minimum absolute atomic E-state index is 0.0890. The molecule has 0 saturated carbocycles. The minimum Gasteiger partial charge on any atom is -0.497 e. The molecule has 0 fully saturated rings. The molecular formula is C12H17FN2O2. The third-order valence-corrected chi connectivity index (χ3v) is 1.91. The van der Waals surface area contributed by atoms with Crippen LogP contribution in [-0.2, 0) is 0 Å². The molecule has 0 bridgehead atoms. The highest BCUT2D eigenvalue weighted by Crippen LogP contribution is 2.21. The standard InChI is InChI=1S/C12H17FN2O2/c1-12(2,3)15-11(16)14-10-7-8(17-4)5-6-9(10)13/h5-7H,1-4H3,(H2,14,15,16). The number of carbonyl (C=O) groups is 1. The number of rotatable bonds is 2. The van der Waals surface area contributed by atoms with Gasteiger partial charge in [-0.25, -0.2) is 9.18 Å². The molecule has 0 aliphatic rings. The number of amides is 2. The summed E-state index contributed by atoms with van der Waals surface area (Å²) in [5.74, 6) is -0.0210. The highest BCUT2D eigenvalue weighted by molar-refractivity contribution is 5.90. The van der Waals surface area contributed by atoms with Crippen LogP contribution in [0.3, 0.4) is 0 Å². The van der Waals surface area contributed by atoms with Crippen LogP contribution >= 0.6 is 0 Å². The Morgan fingerprint density at radius 2 is 2.00 bits per heavy atom. The fourth-order valence-corrected chi connectivity index (χ4v) is 1.22. The molecule has 0 radical (unpaired) electrons. The summed E-state index contributed by atoms with van der Waals surface area (Å²) >= 11 is 0. The van der Waals surface area contributed by atoms with Crippen molar-refractivity contribution in [3.8, 4) is 5.75 Å². The lowest BCUT2D eigenvalue weighted by molar-refractivity contribution is 0.243. The molecule has 4 nitrogen and oxygen atoms in total. The Balaban J connectivity index is 2.77. The largest absolute Gasteiger partial charge is 0.497 e. The van der Waals surface area contributed by atoms with Crippen LogP contribution in [0.25, 0.3) is 0 Å². The van der Waals surface area contributed by atoms with Crippen LogP contribution in [0.4, 0.5) is 14.9 Å². The third kappa shape index (κ3) is 4.30. The molecule has 5 heteroatoms. The van der Waals surface area contributed by atoms with E-state index in [2.05, 4.69) is 10.6 Å². The summed E-state index contributed by atoms with van der Waals surface area (Å²) in [5.41, 5.74) is -0.287. The first-order valence-corrected chi connectivity index (χ1v) is 5.24. The van der Waals surface area contributed by atoms with Gasteiger partial charge in [-0.2, -0.15) is 0 Å². The van der Waals surface area contributed by atoms with E-state index < -0.39 is 11.8 Å². The van der Waals surface area contributed by atoms with Crippen LogP contribution in [0.15, 0.2) is 18.2 Å². The zero-order valence-electron chi connectivity index (χ0n) is 10.4. The van der Waals surface area contributed by atoms with E-state index in [9.17, 15) is 9.18 Å². The summed E-state index contributed by atoms with van der Waals surface area (Å²) in [4.78, 5) is 11.6. The monoisotopic (exact) mass is 240 g/mol. The van der Waals surface area contributed by atoms with E-state index >= 15 is 0 Å². The number of nitrogens with one attached hydrogen (secondary N) is 2. The average molecular weight is 240 g/mol. The fourth-order valence-electron chi connectivity index (χ4n) is 1.22. The van der Waals surface area contributed by atoms with Crippen molar-refractivity contribution < 1.29 is 13.9 Å². The van der Waals surface area contributed by atoms with E-state index in [0.29, 0.717) is 5.75 Å². The summed E-state index contributed by atoms with van der Waals surface area (Å²) in [6, 6.07) is 3.70. The Bertz CT molecular complexity index is 413. The van der Waals surface area contributed by atoms with E-state index in [0.717, 1.165) is 0 Å². The van der Waals surface area contributed by atoms with Gasteiger partial charge in [-0.05, 0) is 32.9 Å². The number of anilines is 1. The first-order valence-electron chi connectivity index (χ1n) is 5.24. The van der Waals surface area contributed by atoms with Gasteiger partial charge in [-0.3, -0.25) is 0 Å². The highest BCUT2D eigenvalue weighted by Gasteiger charge is 2.15. The smallest absolute Gasteiger partial charge is 0.319 e. The zero-order chi connectivity index (χ0) is 13.1. The van der Waals surface area contributed by atoms with Gasteiger partial charge in [0.25, 0.3) is 0 Å². The highest BCUT2D eigenvalue weighted by atomic mass is 19.1. The number of benzene rings is 1. The van der Waals surface area contributed by atoms with Gasteiger partial charge in [0.2, 0.25) is 0 Å². The van der Waals surface area contributed by atoms with Crippen molar-refractivity contribution in [2.24, 2.45) is 0 Å². The van der Waals surface area contributed by atoms with E-state index in [1.54, 1.807) is 0 Å². The van der Waals surface area contributed by atoms with Gasteiger partial charge in [-0.1, -0.05) is 0 Å². The predicted molar refractivity (Wildman–Crippen MR) is 64.9 cm³/mol. The number of methoxy groups -OCH3 is 1. The molecule has 0 saturated heterocycles. The van der Waals surface area contributed by atoms with Gasteiger partial charge in [0.15, 0.2) is 0 Å². The first-order chi connectivity index (χ1) is 7.81. The summed E-state index contributed by atoms with van der Waals surface area (Å²) < 4.78 is 18.4. The van der Waals surface area contributed by atoms with Gasteiger partial charge >= 0.3 is 6.03 Å². The fraction of sp³-hybridized carbons (Fsp3) is 0.417. The lowest BCUT2D eigenvalue weighted by atomic mass is 10.1. The van der Waals surface area contributed by atoms with Crippen molar-refractivity contribution in [3.63, 3.8) is 0 Å². The Hall–Kier alpha value is -1.78. The molecule has 0 unspecified atom stereocenters. The molecule has 0 aliphatic carbocycles. The van der Waals surface area contributed by atoms with Gasteiger partial charge in [-0.15, -0.1) is 0 Å². The third-order valence-electron chi connectivity index (χ3n) is 1.91. The van der Waals surface area contributed by atoms with E-state index in [1.165, 1.54) is 25.3 Å². The van der Waals surface area contributed by atoms with Gasteiger partial charge in [0.05, 0.1) is 12.8 Å². The second kappa shape index (κ2) is 5.03. The van der Waals surface area contributed by atoms with Gasteiger partial charge < -0.3 is 15.4 Å². The zero-order valence-corrected chi connectivity index (χ0v) is 10.4. The molecule has 0 spiro atoms. The van der Waals surface area contributed by atoms with Crippen molar-refractivity contribution in [3.05, 3.63) is 24.0 Å². The van der Waals surface area contributed by atoms with Crippen LogP contribution in [0.5, 0.6) is 5.75 Å². The molecular weight excluding hydrogens is 223 g/mol. The maximum absolute atomic E-state index is 13.4. The summed E-state index contributed by atoms with van der Waals surface area (Å²) in [7, 11) is 1.48. The Labute approximate surface area is 100 Å². The second-order valence-electron chi connectivity index (χ2n) is 4.67. The molecule has 0 aromatic heterocycles. The Kier molecular flexibility index (Phi) is 3.93. The number of ether oxygens (including phenoxy) is 1. The molecule has 0 heterocycles. The molecule has 1 rings (SSSR count). The molecule has 0 aliphatic heterocycles. The normalized spacial score (nSPS) is 10.9. The molecule has 94 valence electrons. The first kappa shape index (κ1) is 13.3. The minimum atomic E-state index is -0.505. The number of urea groups is 1. The molecule has 1 aromatic carbocycles. The van der Waals surface area contributed by atoms with Crippen molar-refractivity contribution in [1.29, 1.82) is 0 Å². The predicted octanol–water partition coefficient (Wildman–Crippen LogP) is 2.75. The van der Waals surface area contributed by atoms with Crippen LogP contribution in [-0.4, -0.2) is 18.7 Å². The maximum atomic E-state index is 13.4. The second-order valence-corrected chi connectivity index (χ2v) is 4.67. The molecule has 1 aromatic rings. The molecule has 0 atom stereocenters. The van der Waals surface area contributed by atoms with Crippen LogP contribution in [0.2, 0.25) is 0 Å². The van der Waals surface area contributed by atoms with Crippen molar-refractivity contribution in [2.75, 3.05) is 12.4 Å². The van der Waals surface area contributed by atoms with E-state index in [-0.39, 0.29) is 11.2 Å². The molecule has 17 heavy (non-hydrogen) atoms. The maximum Gasteiger partial charge on any atom is 0.319 e. The van der Waals surface area contributed by atoms with Crippen LogP contribution < -0.4 is 15.4 Å². The molecule has 2 amide bonds. The van der Waals surface area contributed by atoms with Crippen LogP contribution in [0, 0.1) is 5.82 Å². The van der Waals surface area contributed by atoms with Crippen molar-refractivity contribution in [2.45, 2.75) is 26.3 Å². The summed E-state index contributed by atoms with van der Waals surface area (Å²) in [5, 5.41) is 5.11. The lowest BCUT2D eigenvalue weighted by Crippen LogP contribution is -2.43. The SMILES string of the molecule is COc1ccc(F)c(NC(=O)NC(C)(C)C)c1. The van der Waals surface area contributed by atoms with Crippen molar-refractivity contribution in [1.82, 2.24) is 5.32 Å². The number of carbonyl (C=O) groups excluding carboxylic acids is 1. The van der Waals surface area contributed by atoms with Gasteiger partial charge in [0, 0.05) is 11.6 Å². The lowest BCUT2D eigenvalue weighted by Gasteiger charge is -2.21. The Morgan fingerprint density at radius 3 is 2.53 bits per heavy atom. The molecule has 2 N–H and O–H groups in total. The van der Waals surface area contributed by atoms with Crippen LogP contribution in [0.1, 0.15) is 20.8 Å². The summed E-state index contributed by atoms with van der Waals surface area (Å²) in [6.45, 7) is 5.53. The topological polar surface area (TPSA) is 50.4 Å². The number of halogens is 1. The number of hydrogen-bond donors (Lipinski definition) is 2. The van der Waals surface area contributed by atoms with Crippen molar-refractivity contribution >= 4 is 11.7 Å². The Morgan fingerprint density at radius 1 is 1.35 bits per heavy atom. The average Bonchev–Trinajstić information content (AvgIpc) is 2.18. The quantitative estimate of drug-likeness (QED) is 0.835. The van der Waals surface area contributed by atoms with Gasteiger partial charge in [0.1, 0.15) is 11.6 Å².